The van der Waals surface area contributed by atoms with Gasteiger partial charge >= 0.3 is 0 Å². The van der Waals surface area contributed by atoms with Crippen molar-refractivity contribution in [3.05, 3.63) is 68.0 Å². The van der Waals surface area contributed by atoms with Crippen molar-refractivity contribution in [1.82, 2.24) is 14.6 Å². The molecule has 22 heavy (non-hydrogen) atoms. The molecule has 0 saturated heterocycles. The summed E-state index contributed by atoms with van der Waals surface area (Å²) in [6.07, 6.45) is 1.72. The van der Waals surface area contributed by atoms with Gasteiger partial charge in [-0.3, -0.25) is 4.79 Å². The highest BCUT2D eigenvalue weighted by atomic mass is 32.1. The molecule has 0 aliphatic rings. The van der Waals surface area contributed by atoms with Gasteiger partial charge in [0.15, 0.2) is 5.82 Å². The summed E-state index contributed by atoms with van der Waals surface area (Å²) in [4.78, 5) is 18.2. The van der Waals surface area contributed by atoms with Gasteiger partial charge in [-0.2, -0.15) is 9.50 Å². The van der Waals surface area contributed by atoms with Crippen LogP contribution in [0, 0.1) is 5.82 Å². The van der Waals surface area contributed by atoms with E-state index >= 15 is 0 Å². The highest BCUT2D eigenvalue weighted by Gasteiger charge is 2.12. The molecule has 1 aromatic carbocycles. The molecule has 0 radical (unpaired) electrons. The fourth-order valence-electron chi connectivity index (χ4n) is 2.05. The Balaban J connectivity index is 1.84. The van der Waals surface area contributed by atoms with Crippen molar-refractivity contribution in [1.29, 1.82) is 0 Å². The van der Waals surface area contributed by atoms with Crippen LogP contribution in [0.1, 0.15) is 5.56 Å². The minimum Gasteiger partial charge on any atom is -0.266 e. The molecule has 4 rings (SSSR count). The van der Waals surface area contributed by atoms with E-state index in [0.717, 1.165) is 10.4 Å². The number of fused-ring (bicyclic) bond motifs is 1. The van der Waals surface area contributed by atoms with Crippen molar-refractivity contribution >= 4 is 33.7 Å². The molecule has 0 fully saturated rings. The monoisotopic (exact) mass is 329 g/mol. The van der Waals surface area contributed by atoms with Crippen molar-refractivity contribution in [2.45, 2.75) is 0 Å². The van der Waals surface area contributed by atoms with Crippen LogP contribution in [-0.2, 0) is 0 Å². The molecule has 4 aromatic rings. The Morgan fingerprint density at radius 1 is 1.18 bits per heavy atom. The number of nitrogens with zero attached hydrogens (tertiary/aromatic N) is 3. The number of rotatable bonds is 2. The van der Waals surface area contributed by atoms with Crippen LogP contribution in [0.5, 0.6) is 0 Å². The lowest BCUT2D eigenvalue weighted by Gasteiger charge is -1.90. The van der Waals surface area contributed by atoms with Crippen LogP contribution in [-0.4, -0.2) is 14.6 Å². The molecule has 0 amide bonds. The second kappa shape index (κ2) is 5.11. The Morgan fingerprint density at radius 2 is 2.00 bits per heavy atom. The largest absolute Gasteiger partial charge is 0.291 e. The highest BCUT2D eigenvalue weighted by molar-refractivity contribution is 7.15. The third-order valence-corrected chi connectivity index (χ3v) is 4.92. The number of aromatic nitrogens is 3. The van der Waals surface area contributed by atoms with E-state index in [1.54, 1.807) is 18.2 Å². The average molecular weight is 329 g/mol. The third-order valence-electron chi connectivity index (χ3n) is 3.09. The number of thiazole rings is 1. The van der Waals surface area contributed by atoms with Crippen molar-refractivity contribution in [2.75, 3.05) is 0 Å². The van der Waals surface area contributed by atoms with Crippen LogP contribution >= 0.6 is 22.7 Å². The van der Waals surface area contributed by atoms with Gasteiger partial charge in [0.2, 0.25) is 4.96 Å². The lowest BCUT2D eigenvalue weighted by molar-refractivity contribution is 0.628. The maximum absolute atomic E-state index is 12.9. The van der Waals surface area contributed by atoms with Crippen molar-refractivity contribution < 1.29 is 4.39 Å². The molecule has 0 aliphatic heterocycles. The van der Waals surface area contributed by atoms with E-state index in [-0.39, 0.29) is 11.4 Å². The van der Waals surface area contributed by atoms with E-state index in [1.807, 2.05) is 17.5 Å². The first-order valence-corrected chi connectivity index (χ1v) is 8.11. The number of halogens is 1. The molecule has 3 aromatic heterocycles. The Bertz CT molecular complexity index is 1050. The molecule has 0 bridgehead atoms. The summed E-state index contributed by atoms with van der Waals surface area (Å²) in [5.74, 6) is 0.259. The summed E-state index contributed by atoms with van der Waals surface area (Å²) < 4.78 is 14.7. The Labute approximate surface area is 131 Å². The maximum Gasteiger partial charge on any atom is 0.291 e. The zero-order valence-electron chi connectivity index (χ0n) is 11.1. The van der Waals surface area contributed by atoms with Gasteiger partial charge in [0, 0.05) is 0 Å². The van der Waals surface area contributed by atoms with Crippen LogP contribution in [0.15, 0.2) is 46.6 Å². The fraction of sp³-hybridized carbons (Fsp3) is 0. The number of thiophene rings is 1. The molecule has 0 N–H and O–H groups in total. The van der Waals surface area contributed by atoms with E-state index in [0.29, 0.717) is 15.3 Å². The smallest absolute Gasteiger partial charge is 0.266 e. The summed E-state index contributed by atoms with van der Waals surface area (Å²) in [6.45, 7) is 0. The lowest BCUT2D eigenvalue weighted by atomic mass is 10.2. The summed E-state index contributed by atoms with van der Waals surface area (Å²) in [5.41, 5.74) is 0.557. The first-order valence-electron chi connectivity index (χ1n) is 6.41. The zero-order chi connectivity index (χ0) is 15.1. The molecule has 0 unspecified atom stereocenters. The Kier molecular flexibility index (Phi) is 3.09. The van der Waals surface area contributed by atoms with E-state index in [9.17, 15) is 9.18 Å². The average Bonchev–Trinajstić information content (AvgIpc) is 3.20. The SMILES string of the molecule is O=c1/c(=C/c2ccc(F)cc2)sc2nc(-c3cccs3)nn12. The van der Waals surface area contributed by atoms with Gasteiger partial charge in [-0.25, -0.2) is 4.39 Å². The molecule has 0 saturated carbocycles. The molecule has 0 spiro atoms. The summed E-state index contributed by atoms with van der Waals surface area (Å²) in [5, 5.41) is 6.21. The molecule has 4 nitrogen and oxygen atoms in total. The van der Waals surface area contributed by atoms with E-state index in [1.165, 1.54) is 39.3 Å². The minimum absolute atomic E-state index is 0.209. The molecule has 0 aliphatic carbocycles. The summed E-state index contributed by atoms with van der Waals surface area (Å²) in [6, 6.07) is 9.81. The number of benzene rings is 1. The zero-order valence-corrected chi connectivity index (χ0v) is 12.7. The van der Waals surface area contributed by atoms with Gasteiger partial charge in [-0.05, 0) is 35.2 Å². The first kappa shape index (κ1) is 13.3. The second-order valence-corrected chi connectivity index (χ2v) is 6.53. The van der Waals surface area contributed by atoms with Crippen LogP contribution in [0.2, 0.25) is 0 Å². The Hall–Kier alpha value is -2.38. The van der Waals surface area contributed by atoms with Crippen LogP contribution in [0.4, 0.5) is 4.39 Å². The molecule has 7 heteroatoms. The van der Waals surface area contributed by atoms with Crippen molar-refractivity contribution in [3.63, 3.8) is 0 Å². The van der Waals surface area contributed by atoms with Gasteiger partial charge in [0.1, 0.15) is 5.82 Å². The van der Waals surface area contributed by atoms with Gasteiger partial charge in [-0.1, -0.05) is 29.5 Å². The van der Waals surface area contributed by atoms with Crippen LogP contribution in [0.3, 0.4) is 0 Å². The lowest BCUT2D eigenvalue weighted by Crippen LogP contribution is -2.23. The van der Waals surface area contributed by atoms with E-state index in [2.05, 4.69) is 10.1 Å². The van der Waals surface area contributed by atoms with Gasteiger partial charge in [0.25, 0.3) is 5.56 Å². The molecule has 0 atom stereocenters. The fourth-order valence-corrected chi connectivity index (χ4v) is 3.61. The van der Waals surface area contributed by atoms with Gasteiger partial charge in [0.05, 0.1) is 9.41 Å². The minimum atomic E-state index is -0.303. The number of hydrogen-bond donors (Lipinski definition) is 0. The van der Waals surface area contributed by atoms with Gasteiger partial charge < -0.3 is 0 Å². The van der Waals surface area contributed by atoms with Crippen LogP contribution < -0.4 is 10.1 Å². The second-order valence-electron chi connectivity index (χ2n) is 4.57. The molecular formula is C15H8FN3OS2. The normalized spacial score (nSPS) is 12.3. The maximum atomic E-state index is 12.9. The summed E-state index contributed by atoms with van der Waals surface area (Å²) >= 11 is 2.80. The van der Waals surface area contributed by atoms with E-state index < -0.39 is 0 Å². The summed E-state index contributed by atoms with van der Waals surface area (Å²) in [7, 11) is 0. The third kappa shape index (κ3) is 2.24. The Morgan fingerprint density at radius 3 is 2.68 bits per heavy atom. The molecular weight excluding hydrogens is 321 g/mol. The standard InChI is InChI=1S/C15H8FN3OS2/c16-10-5-3-9(4-6-10)8-12-14(20)19-15(22-12)17-13(18-19)11-2-1-7-21-11/h1-8H/b12-8-. The van der Waals surface area contributed by atoms with Crippen molar-refractivity contribution in [2.24, 2.45) is 0 Å². The number of hydrogen-bond acceptors (Lipinski definition) is 5. The highest BCUT2D eigenvalue weighted by Crippen LogP contribution is 2.21. The quantitative estimate of drug-likeness (QED) is 0.568. The predicted molar refractivity (Wildman–Crippen MR) is 85.6 cm³/mol. The predicted octanol–water partition coefficient (Wildman–Crippen LogP) is 2.57. The van der Waals surface area contributed by atoms with Crippen molar-refractivity contribution in [3.8, 4) is 10.7 Å². The van der Waals surface area contributed by atoms with E-state index in [4.69, 9.17) is 0 Å². The first-order chi connectivity index (χ1) is 10.7. The van der Waals surface area contributed by atoms with Gasteiger partial charge in [-0.15, -0.1) is 16.4 Å². The molecule has 3 heterocycles. The topological polar surface area (TPSA) is 47.3 Å². The van der Waals surface area contributed by atoms with Crippen LogP contribution in [0.25, 0.3) is 21.7 Å². The molecule has 108 valence electrons.